The summed E-state index contributed by atoms with van der Waals surface area (Å²) in [6.07, 6.45) is 1.06. The SMILES string of the molecule is CC[C@H](C)c1ccc2oc(-c3ccc(NC(=S)NC(=O)C(Cl)(Cl)Cl)cc3)nc2c1. The summed E-state index contributed by atoms with van der Waals surface area (Å²) in [6.45, 7) is 4.35. The number of thiocarbonyl (C=S) groups is 1. The van der Waals surface area contributed by atoms with Crippen molar-refractivity contribution in [1.29, 1.82) is 0 Å². The fourth-order valence-electron chi connectivity index (χ4n) is 2.64. The predicted molar refractivity (Wildman–Crippen MR) is 123 cm³/mol. The number of alkyl halides is 3. The summed E-state index contributed by atoms with van der Waals surface area (Å²) < 4.78 is 3.79. The van der Waals surface area contributed by atoms with Crippen molar-refractivity contribution >= 4 is 74.8 Å². The zero-order valence-corrected chi connectivity index (χ0v) is 18.7. The molecule has 1 heterocycles. The number of aromatic nitrogens is 1. The average molecular weight is 471 g/mol. The number of hydrogen-bond donors (Lipinski definition) is 2. The van der Waals surface area contributed by atoms with Crippen molar-refractivity contribution in [2.24, 2.45) is 0 Å². The Kier molecular flexibility index (Phi) is 6.69. The van der Waals surface area contributed by atoms with Crippen LogP contribution >= 0.6 is 47.0 Å². The molecule has 1 aromatic heterocycles. The Morgan fingerprint density at radius 3 is 2.52 bits per heavy atom. The maximum absolute atomic E-state index is 11.6. The number of anilines is 1. The minimum Gasteiger partial charge on any atom is -0.436 e. The van der Waals surface area contributed by atoms with Gasteiger partial charge in [0, 0.05) is 11.3 Å². The number of oxazole rings is 1. The standard InChI is InChI=1S/C20H18Cl3N3O2S/c1-3-11(2)13-6-9-16-15(10-13)25-17(28-16)12-4-7-14(8-5-12)24-19(29)26-18(27)20(21,22)23/h4-11H,3H2,1-2H3,(H2,24,26,27,29)/t11-/m0/s1. The highest BCUT2D eigenvalue weighted by Crippen LogP contribution is 2.29. The van der Waals surface area contributed by atoms with Gasteiger partial charge >= 0.3 is 0 Å². The molecular formula is C20H18Cl3N3O2S. The van der Waals surface area contributed by atoms with E-state index in [0.29, 0.717) is 17.5 Å². The third kappa shape index (κ3) is 5.39. The largest absolute Gasteiger partial charge is 0.436 e. The summed E-state index contributed by atoms with van der Waals surface area (Å²) in [5.41, 5.74) is 4.27. The van der Waals surface area contributed by atoms with Gasteiger partial charge in [0.05, 0.1) is 0 Å². The molecule has 0 spiro atoms. The second-order valence-electron chi connectivity index (χ2n) is 6.54. The smallest absolute Gasteiger partial charge is 0.278 e. The highest BCUT2D eigenvalue weighted by molar-refractivity contribution is 7.80. The van der Waals surface area contributed by atoms with Crippen molar-refractivity contribution in [3.63, 3.8) is 0 Å². The van der Waals surface area contributed by atoms with Crippen LogP contribution in [0, 0.1) is 0 Å². The van der Waals surface area contributed by atoms with E-state index in [1.165, 1.54) is 5.56 Å². The van der Waals surface area contributed by atoms with Crippen LogP contribution in [-0.2, 0) is 4.79 Å². The van der Waals surface area contributed by atoms with Gasteiger partial charge < -0.3 is 9.73 Å². The summed E-state index contributed by atoms with van der Waals surface area (Å²) in [5, 5.41) is 5.18. The summed E-state index contributed by atoms with van der Waals surface area (Å²) in [4.78, 5) is 16.2. The van der Waals surface area contributed by atoms with Crippen LogP contribution in [0.2, 0.25) is 0 Å². The maximum atomic E-state index is 11.6. The number of hydrogen-bond acceptors (Lipinski definition) is 4. The molecule has 0 radical (unpaired) electrons. The number of fused-ring (bicyclic) bond motifs is 1. The molecule has 152 valence electrons. The highest BCUT2D eigenvalue weighted by atomic mass is 35.6. The molecular weight excluding hydrogens is 453 g/mol. The quantitative estimate of drug-likeness (QED) is 0.351. The first kappa shape index (κ1) is 21.8. The van der Waals surface area contributed by atoms with E-state index in [0.717, 1.165) is 23.1 Å². The molecule has 29 heavy (non-hydrogen) atoms. The maximum Gasteiger partial charge on any atom is 0.278 e. The first-order chi connectivity index (χ1) is 13.7. The van der Waals surface area contributed by atoms with Gasteiger partial charge in [-0.05, 0) is 66.5 Å². The normalized spacial score (nSPS) is 12.6. The number of carbonyl (C=O) groups is 1. The number of benzene rings is 2. The molecule has 3 aromatic rings. The fraction of sp³-hybridized carbons (Fsp3) is 0.250. The number of carbonyl (C=O) groups excluding carboxylic acids is 1. The third-order valence-electron chi connectivity index (χ3n) is 4.47. The van der Waals surface area contributed by atoms with Gasteiger partial charge in [-0.2, -0.15) is 0 Å². The van der Waals surface area contributed by atoms with Gasteiger partial charge in [-0.25, -0.2) is 4.98 Å². The second kappa shape index (κ2) is 8.88. The number of rotatable bonds is 4. The number of nitrogens with one attached hydrogen (secondary N) is 2. The molecule has 0 unspecified atom stereocenters. The molecule has 3 rings (SSSR count). The van der Waals surface area contributed by atoms with Crippen molar-refractivity contribution in [2.45, 2.75) is 30.0 Å². The van der Waals surface area contributed by atoms with Gasteiger partial charge in [0.1, 0.15) is 5.52 Å². The van der Waals surface area contributed by atoms with Crippen LogP contribution in [0.4, 0.5) is 5.69 Å². The van der Waals surface area contributed by atoms with E-state index in [9.17, 15) is 4.79 Å². The topological polar surface area (TPSA) is 67.2 Å². The lowest BCUT2D eigenvalue weighted by Gasteiger charge is -2.13. The van der Waals surface area contributed by atoms with Crippen LogP contribution in [0.25, 0.3) is 22.6 Å². The minimum absolute atomic E-state index is 0.0218. The zero-order valence-electron chi connectivity index (χ0n) is 15.6. The molecule has 0 saturated carbocycles. The van der Waals surface area contributed by atoms with Crippen LogP contribution in [0.1, 0.15) is 31.7 Å². The molecule has 0 fully saturated rings. The molecule has 2 N–H and O–H groups in total. The van der Waals surface area contributed by atoms with Crippen LogP contribution in [-0.4, -0.2) is 19.8 Å². The molecule has 0 saturated heterocycles. The summed E-state index contributed by atoms with van der Waals surface area (Å²) in [6, 6.07) is 13.3. The van der Waals surface area contributed by atoms with Gasteiger partial charge in [-0.3, -0.25) is 10.1 Å². The Balaban J connectivity index is 1.73. The lowest BCUT2D eigenvalue weighted by molar-refractivity contribution is -0.118. The van der Waals surface area contributed by atoms with E-state index >= 15 is 0 Å². The van der Waals surface area contributed by atoms with E-state index in [2.05, 4.69) is 41.6 Å². The fourth-order valence-corrected chi connectivity index (χ4v) is 2.99. The average Bonchev–Trinajstić information content (AvgIpc) is 3.10. The first-order valence-corrected chi connectivity index (χ1v) is 10.4. The molecule has 2 aromatic carbocycles. The van der Waals surface area contributed by atoms with Gasteiger partial charge in [-0.15, -0.1) is 0 Å². The van der Waals surface area contributed by atoms with E-state index < -0.39 is 9.70 Å². The van der Waals surface area contributed by atoms with Gasteiger partial charge in [-0.1, -0.05) is 54.7 Å². The van der Waals surface area contributed by atoms with Gasteiger partial charge in [0.2, 0.25) is 5.89 Å². The number of nitrogens with zero attached hydrogens (tertiary/aromatic N) is 1. The molecule has 5 nitrogen and oxygen atoms in total. The van der Waals surface area contributed by atoms with Crippen molar-refractivity contribution in [1.82, 2.24) is 10.3 Å². The first-order valence-electron chi connectivity index (χ1n) is 8.87. The Hall–Kier alpha value is -1.86. The molecule has 9 heteroatoms. The van der Waals surface area contributed by atoms with E-state index in [1.807, 2.05) is 18.2 Å². The van der Waals surface area contributed by atoms with Crippen LogP contribution < -0.4 is 10.6 Å². The second-order valence-corrected chi connectivity index (χ2v) is 9.23. The van der Waals surface area contributed by atoms with E-state index in [4.69, 9.17) is 51.4 Å². The Morgan fingerprint density at radius 2 is 1.90 bits per heavy atom. The number of amides is 1. The summed E-state index contributed by atoms with van der Waals surface area (Å²) in [5.74, 6) is 0.163. The summed E-state index contributed by atoms with van der Waals surface area (Å²) >= 11 is 21.6. The molecule has 1 amide bonds. The molecule has 1 atom stereocenters. The van der Waals surface area contributed by atoms with Crippen molar-refractivity contribution < 1.29 is 9.21 Å². The zero-order chi connectivity index (χ0) is 21.2. The minimum atomic E-state index is -2.09. The van der Waals surface area contributed by atoms with Crippen LogP contribution in [0.3, 0.4) is 0 Å². The molecule has 0 aliphatic heterocycles. The van der Waals surface area contributed by atoms with E-state index in [-0.39, 0.29) is 5.11 Å². The monoisotopic (exact) mass is 469 g/mol. The molecule has 0 aliphatic carbocycles. The third-order valence-corrected chi connectivity index (χ3v) is 5.19. The van der Waals surface area contributed by atoms with Gasteiger partial charge in [0.15, 0.2) is 10.7 Å². The number of halogens is 3. The Bertz CT molecular complexity index is 1050. The van der Waals surface area contributed by atoms with E-state index in [1.54, 1.807) is 12.1 Å². The molecule has 0 bridgehead atoms. The lowest BCUT2D eigenvalue weighted by atomic mass is 9.98. The van der Waals surface area contributed by atoms with Crippen molar-refractivity contribution in [3.8, 4) is 11.5 Å². The van der Waals surface area contributed by atoms with Crippen molar-refractivity contribution in [2.75, 3.05) is 5.32 Å². The molecule has 0 aliphatic rings. The van der Waals surface area contributed by atoms with Crippen molar-refractivity contribution in [3.05, 3.63) is 48.0 Å². The highest BCUT2D eigenvalue weighted by Gasteiger charge is 2.31. The predicted octanol–water partition coefficient (Wildman–Crippen LogP) is 6.19. The summed E-state index contributed by atoms with van der Waals surface area (Å²) in [7, 11) is 0. The Morgan fingerprint density at radius 1 is 1.21 bits per heavy atom. The van der Waals surface area contributed by atoms with Crippen LogP contribution in [0.5, 0.6) is 0 Å². The lowest BCUT2D eigenvalue weighted by Crippen LogP contribution is -2.41. The Labute approximate surface area is 188 Å². The van der Waals surface area contributed by atoms with Crippen LogP contribution in [0.15, 0.2) is 46.9 Å². The van der Waals surface area contributed by atoms with Gasteiger partial charge in [0.25, 0.3) is 9.70 Å².